The molecule has 6 heteroatoms. The average Bonchev–Trinajstić information content (AvgIpc) is 2.94. The summed E-state index contributed by atoms with van der Waals surface area (Å²) < 4.78 is 1.59. The molecule has 0 bridgehead atoms. The van der Waals surface area contributed by atoms with Crippen LogP contribution in [0.4, 0.5) is 5.69 Å². The van der Waals surface area contributed by atoms with Crippen LogP contribution >= 0.6 is 0 Å². The fraction of sp³-hybridized carbons (Fsp3) is 0.333. The maximum absolute atomic E-state index is 12.1. The first kappa shape index (κ1) is 15.1. The normalized spacial score (nSPS) is 12.4. The molecule has 0 aliphatic carbocycles. The number of carbonyl (C=O) groups excluding carboxylic acids is 1. The number of aromatic nitrogens is 2. The van der Waals surface area contributed by atoms with E-state index in [-0.39, 0.29) is 24.5 Å². The smallest absolute Gasteiger partial charge is 0.272 e. The van der Waals surface area contributed by atoms with Crippen molar-refractivity contribution < 1.29 is 9.90 Å². The molecule has 1 heterocycles. The number of aliphatic hydroxyl groups is 1. The summed E-state index contributed by atoms with van der Waals surface area (Å²) in [5, 5.41) is 16.3. The van der Waals surface area contributed by atoms with Crippen molar-refractivity contribution in [1.82, 2.24) is 15.1 Å². The number of benzene rings is 1. The van der Waals surface area contributed by atoms with Crippen molar-refractivity contribution in [3.05, 3.63) is 42.2 Å². The summed E-state index contributed by atoms with van der Waals surface area (Å²) in [6.07, 6.45) is 1.70. The molecule has 21 heavy (non-hydrogen) atoms. The highest BCUT2D eigenvalue weighted by atomic mass is 16.3. The minimum atomic E-state index is -0.301. The van der Waals surface area contributed by atoms with Crippen molar-refractivity contribution >= 4 is 11.6 Å². The van der Waals surface area contributed by atoms with Gasteiger partial charge < -0.3 is 16.2 Å². The SMILES string of the molecule is CC(C)C(CO)NC(=O)c1ccn(-c2cccc(N)c2)n1. The molecular formula is C15H20N4O2. The monoisotopic (exact) mass is 288 g/mol. The highest BCUT2D eigenvalue weighted by Gasteiger charge is 2.18. The minimum absolute atomic E-state index is 0.0979. The van der Waals surface area contributed by atoms with Crippen molar-refractivity contribution in [2.45, 2.75) is 19.9 Å². The first-order chi connectivity index (χ1) is 10.0. The molecule has 1 aromatic heterocycles. The number of anilines is 1. The Kier molecular flexibility index (Phi) is 4.59. The standard InChI is InChI=1S/C15H20N4O2/c1-10(2)14(9-20)17-15(21)13-6-7-19(18-13)12-5-3-4-11(16)8-12/h3-8,10,14,20H,9,16H2,1-2H3,(H,17,21). The number of hydrogen-bond acceptors (Lipinski definition) is 4. The van der Waals surface area contributed by atoms with Gasteiger partial charge in [0.1, 0.15) is 0 Å². The van der Waals surface area contributed by atoms with Gasteiger partial charge >= 0.3 is 0 Å². The Balaban J connectivity index is 2.14. The van der Waals surface area contributed by atoms with Gasteiger partial charge in [-0.1, -0.05) is 19.9 Å². The zero-order chi connectivity index (χ0) is 15.4. The number of rotatable bonds is 5. The van der Waals surface area contributed by atoms with Gasteiger partial charge in [-0.15, -0.1) is 0 Å². The fourth-order valence-electron chi connectivity index (χ4n) is 1.92. The third-order valence-corrected chi connectivity index (χ3v) is 3.27. The van der Waals surface area contributed by atoms with E-state index in [1.54, 1.807) is 29.1 Å². The molecule has 0 spiro atoms. The third kappa shape index (κ3) is 3.61. The number of nitrogens with one attached hydrogen (secondary N) is 1. The van der Waals surface area contributed by atoms with Gasteiger partial charge in [0.05, 0.1) is 18.3 Å². The Bertz CT molecular complexity index is 622. The second kappa shape index (κ2) is 6.41. The predicted octanol–water partition coefficient (Wildman–Crippen LogP) is 1.20. The van der Waals surface area contributed by atoms with Crippen LogP contribution in [-0.2, 0) is 0 Å². The highest BCUT2D eigenvalue weighted by Crippen LogP contribution is 2.12. The van der Waals surface area contributed by atoms with Crippen molar-refractivity contribution in [1.29, 1.82) is 0 Å². The van der Waals surface area contributed by atoms with Gasteiger partial charge in [-0.25, -0.2) is 4.68 Å². The van der Waals surface area contributed by atoms with Gasteiger partial charge in [-0.05, 0) is 30.2 Å². The van der Waals surface area contributed by atoms with Gasteiger partial charge in [0.2, 0.25) is 0 Å². The number of aliphatic hydroxyl groups excluding tert-OH is 1. The second-order valence-electron chi connectivity index (χ2n) is 5.25. The summed E-state index contributed by atoms with van der Waals surface area (Å²) in [6.45, 7) is 3.78. The Morgan fingerprint density at radius 2 is 2.19 bits per heavy atom. The van der Waals surface area contributed by atoms with E-state index in [1.165, 1.54) is 0 Å². The van der Waals surface area contributed by atoms with Gasteiger partial charge in [0, 0.05) is 11.9 Å². The molecule has 0 radical (unpaired) electrons. The highest BCUT2D eigenvalue weighted by molar-refractivity contribution is 5.92. The maximum atomic E-state index is 12.1. The summed E-state index contributed by atoms with van der Waals surface area (Å²) in [5.41, 5.74) is 7.46. The van der Waals surface area contributed by atoms with E-state index in [4.69, 9.17) is 5.73 Å². The lowest BCUT2D eigenvalue weighted by Crippen LogP contribution is -2.41. The summed E-state index contributed by atoms with van der Waals surface area (Å²) in [7, 11) is 0. The number of carbonyl (C=O) groups is 1. The molecule has 0 fully saturated rings. The van der Waals surface area contributed by atoms with Crippen LogP contribution in [0.5, 0.6) is 0 Å². The van der Waals surface area contributed by atoms with Crippen LogP contribution in [0.3, 0.4) is 0 Å². The summed E-state index contributed by atoms with van der Waals surface area (Å²) in [5.74, 6) is -0.152. The molecular weight excluding hydrogens is 268 g/mol. The van der Waals surface area contributed by atoms with Crippen LogP contribution < -0.4 is 11.1 Å². The molecule has 0 saturated carbocycles. The van der Waals surface area contributed by atoms with Crippen molar-refractivity contribution in [2.75, 3.05) is 12.3 Å². The van der Waals surface area contributed by atoms with E-state index < -0.39 is 0 Å². The van der Waals surface area contributed by atoms with E-state index in [1.807, 2.05) is 26.0 Å². The van der Waals surface area contributed by atoms with E-state index in [2.05, 4.69) is 10.4 Å². The minimum Gasteiger partial charge on any atom is -0.399 e. The molecule has 2 aromatic rings. The number of nitrogens with zero attached hydrogens (tertiary/aromatic N) is 2. The zero-order valence-electron chi connectivity index (χ0n) is 12.2. The van der Waals surface area contributed by atoms with Crippen LogP contribution in [0, 0.1) is 5.92 Å². The number of nitrogen functional groups attached to an aromatic ring is 1. The molecule has 0 aliphatic heterocycles. The van der Waals surface area contributed by atoms with Crippen LogP contribution in [0.2, 0.25) is 0 Å². The van der Waals surface area contributed by atoms with Gasteiger partial charge in [0.25, 0.3) is 5.91 Å². The first-order valence-corrected chi connectivity index (χ1v) is 6.84. The van der Waals surface area contributed by atoms with Gasteiger partial charge in [-0.3, -0.25) is 4.79 Å². The molecule has 6 nitrogen and oxygen atoms in total. The second-order valence-corrected chi connectivity index (χ2v) is 5.25. The largest absolute Gasteiger partial charge is 0.399 e. The molecule has 1 amide bonds. The Hall–Kier alpha value is -2.34. The quantitative estimate of drug-likeness (QED) is 0.721. The Morgan fingerprint density at radius 1 is 1.43 bits per heavy atom. The summed E-state index contributed by atoms with van der Waals surface area (Å²) in [4.78, 5) is 12.1. The molecule has 0 aliphatic rings. The molecule has 1 unspecified atom stereocenters. The fourth-order valence-corrected chi connectivity index (χ4v) is 1.92. The summed E-state index contributed by atoms with van der Waals surface area (Å²) in [6, 6.07) is 8.60. The third-order valence-electron chi connectivity index (χ3n) is 3.27. The molecule has 4 N–H and O–H groups in total. The molecule has 2 rings (SSSR count). The number of hydrogen-bond donors (Lipinski definition) is 3. The van der Waals surface area contributed by atoms with Crippen molar-refractivity contribution in [3.8, 4) is 5.69 Å². The van der Waals surface area contributed by atoms with Crippen LogP contribution in [-0.4, -0.2) is 33.4 Å². The van der Waals surface area contributed by atoms with E-state index in [0.29, 0.717) is 11.4 Å². The van der Waals surface area contributed by atoms with E-state index >= 15 is 0 Å². The van der Waals surface area contributed by atoms with Gasteiger partial charge in [0.15, 0.2) is 5.69 Å². The lowest BCUT2D eigenvalue weighted by molar-refractivity contribution is 0.0891. The first-order valence-electron chi connectivity index (χ1n) is 6.84. The molecule has 1 atom stereocenters. The van der Waals surface area contributed by atoms with Crippen LogP contribution in [0.15, 0.2) is 36.5 Å². The average molecular weight is 288 g/mol. The Morgan fingerprint density at radius 3 is 2.81 bits per heavy atom. The van der Waals surface area contributed by atoms with E-state index in [9.17, 15) is 9.90 Å². The molecule has 112 valence electrons. The number of amides is 1. The van der Waals surface area contributed by atoms with Crippen molar-refractivity contribution in [3.63, 3.8) is 0 Å². The maximum Gasteiger partial charge on any atom is 0.272 e. The number of nitrogens with two attached hydrogens (primary N) is 1. The Labute approximate surface area is 123 Å². The lowest BCUT2D eigenvalue weighted by atomic mass is 10.1. The molecule has 1 aromatic carbocycles. The predicted molar refractivity (Wildman–Crippen MR) is 81.2 cm³/mol. The van der Waals surface area contributed by atoms with Crippen LogP contribution in [0.1, 0.15) is 24.3 Å². The molecule has 0 saturated heterocycles. The van der Waals surface area contributed by atoms with Gasteiger partial charge in [-0.2, -0.15) is 5.10 Å². The summed E-state index contributed by atoms with van der Waals surface area (Å²) >= 11 is 0. The van der Waals surface area contributed by atoms with E-state index in [0.717, 1.165) is 5.69 Å². The van der Waals surface area contributed by atoms with Crippen LogP contribution in [0.25, 0.3) is 5.69 Å². The topological polar surface area (TPSA) is 93.2 Å². The zero-order valence-corrected chi connectivity index (χ0v) is 12.2. The lowest BCUT2D eigenvalue weighted by Gasteiger charge is -2.19. The van der Waals surface area contributed by atoms with Crippen molar-refractivity contribution in [2.24, 2.45) is 5.92 Å².